The Morgan fingerprint density at radius 2 is 1.26 bits per heavy atom. The number of carboxylic acid groups (broad SMARTS) is 1. The van der Waals surface area contributed by atoms with Crippen LogP contribution in [0.15, 0.2) is 0 Å². The molecule has 0 amide bonds. The van der Waals surface area contributed by atoms with Crippen molar-refractivity contribution in [3.8, 4) is 0 Å². The number of unbranched alkanes of at least 4 members (excludes halogenated alkanes) is 10. The molecule has 23 heavy (non-hydrogen) atoms. The monoisotopic (exact) mass is 337 g/mol. The summed E-state index contributed by atoms with van der Waals surface area (Å²) in [6, 6.07) is 0. The first-order valence-electron chi connectivity index (χ1n) is 9.11. The maximum atomic E-state index is 11.5. The summed E-state index contributed by atoms with van der Waals surface area (Å²) in [7, 11) is 0. The van der Waals surface area contributed by atoms with Gasteiger partial charge in [0.15, 0.2) is 0 Å². The van der Waals surface area contributed by atoms with E-state index < -0.39 is 5.97 Å². The van der Waals surface area contributed by atoms with E-state index in [4.69, 9.17) is 5.11 Å². The van der Waals surface area contributed by atoms with Crippen LogP contribution in [0, 0.1) is 0 Å². The normalized spacial score (nSPS) is 10.3. The van der Waals surface area contributed by atoms with Gasteiger partial charge in [0, 0.05) is 13.0 Å². The van der Waals surface area contributed by atoms with Crippen molar-refractivity contribution in [1.82, 2.24) is 5.32 Å². The van der Waals surface area contributed by atoms with E-state index in [0.717, 1.165) is 12.8 Å². The van der Waals surface area contributed by atoms with Crippen molar-refractivity contribution in [2.75, 3.05) is 13.1 Å². The van der Waals surface area contributed by atoms with Gasteiger partial charge in [0.05, 0.1) is 13.0 Å². The van der Waals surface area contributed by atoms with Crippen LogP contribution in [-0.4, -0.2) is 59.5 Å². The van der Waals surface area contributed by atoms with E-state index in [1.807, 2.05) is 0 Å². The molecule has 0 saturated heterocycles. The van der Waals surface area contributed by atoms with Crippen molar-refractivity contribution in [1.29, 1.82) is 0 Å². The summed E-state index contributed by atoms with van der Waals surface area (Å²) in [5.41, 5.74) is 0. The number of hydrogen-bond acceptors (Lipinski definition) is 3. The molecule has 0 aliphatic heterocycles. The number of carboxylic acids is 1. The average molecular weight is 337 g/mol. The van der Waals surface area contributed by atoms with Crippen molar-refractivity contribution in [3.63, 3.8) is 0 Å². The zero-order valence-electron chi connectivity index (χ0n) is 14.4. The molecule has 0 aromatic carbocycles. The molecular weight excluding hydrogens is 301 g/mol. The van der Waals surface area contributed by atoms with Crippen LogP contribution in [-0.2, 0) is 9.59 Å². The van der Waals surface area contributed by atoms with Crippen LogP contribution < -0.4 is 5.32 Å². The first kappa shape index (κ1) is 25.3. The molecule has 0 unspecified atom stereocenters. The van der Waals surface area contributed by atoms with E-state index in [9.17, 15) is 9.59 Å². The summed E-state index contributed by atoms with van der Waals surface area (Å²) in [6.07, 6.45) is 14.8. The summed E-state index contributed by atoms with van der Waals surface area (Å²) in [5, 5.41) is 11.3. The summed E-state index contributed by atoms with van der Waals surface area (Å²) < 4.78 is 0. The Hall–Kier alpha value is 0.100. The third kappa shape index (κ3) is 22.1. The van der Waals surface area contributed by atoms with Crippen LogP contribution in [0.25, 0.3) is 0 Å². The van der Waals surface area contributed by atoms with Crippen LogP contribution in [0.2, 0.25) is 0 Å². The molecule has 0 fully saturated rings. The topological polar surface area (TPSA) is 66.4 Å². The first-order chi connectivity index (χ1) is 10.7. The summed E-state index contributed by atoms with van der Waals surface area (Å²) in [5.74, 6) is -0.633. The molecule has 0 aliphatic carbocycles. The fraction of sp³-hybridized carbons (Fsp3) is 0.889. The molecule has 0 aromatic heterocycles. The first-order valence-corrected chi connectivity index (χ1v) is 9.11. The minimum absolute atomic E-state index is 0. The molecule has 0 heterocycles. The fourth-order valence-electron chi connectivity index (χ4n) is 2.50. The summed E-state index contributed by atoms with van der Waals surface area (Å²) >= 11 is 0. The molecule has 0 rings (SSSR count). The zero-order chi connectivity index (χ0) is 16.5. The number of aliphatic carboxylic acids is 1. The molecule has 0 radical (unpaired) electrons. The third-order valence-electron chi connectivity index (χ3n) is 3.90. The van der Waals surface area contributed by atoms with Crippen LogP contribution in [0.4, 0.5) is 0 Å². The Morgan fingerprint density at radius 1 is 0.783 bits per heavy atom. The SMILES string of the molecule is CCCCCCCCCCCCCC(=O)CNCCC(=O)O.[NaH]. The van der Waals surface area contributed by atoms with Crippen molar-refractivity contribution in [2.24, 2.45) is 0 Å². The van der Waals surface area contributed by atoms with Gasteiger partial charge < -0.3 is 10.4 Å². The second kappa shape index (κ2) is 20.1. The Kier molecular flexibility index (Phi) is 22.2. The Labute approximate surface area is 164 Å². The van der Waals surface area contributed by atoms with Gasteiger partial charge in [-0.25, -0.2) is 0 Å². The van der Waals surface area contributed by atoms with Gasteiger partial charge in [0.2, 0.25) is 0 Å². The number of rotatable bonds is 17. The predicted octanol–water partition coefficient (Wildman–Crippen LogP) is 3.67. The quantitative estimate of drug-likeness (QED) is 0.314. The minimum atomic E-state index is -0.828. The van der Waals surface area contributed by atoms with E-state index >= 15 is 0 Å². The molecule has 0 atom stereocenters. The fourth-order valence-corrected chi connectivity index (χ4v) is 2.50. The number of Topliss-reactive ketones (excluding diaryl/α,β-unsaturated/α-hetero) is 1. The molecule has 0 aromatic rings. The number of carbonyl (C=O) groups excluding carboxylic acids is 1. The van der Waals surface area contributed by atoms with Crippen LogP contribution >= 0.6 is 0 Å². The Bertz CT molecular complexity index is 285. The van der Waals surface area contributed by atoms with Crippen LogP contribution in [0.3, 0.4) is 0 Å². The Morgan fingerprint density at radius 3 is 1.74 bits per heavy atom. The molecule has 0 spiro atoms. The van der Waals surface area contributed by atoms with Gasteiger partial charge in [-0.2, -0.15) is 0 Å². The number of carbonyl (C=O) groups is 2. The summed E-state index contributed by atoms with van der Waals surface area (Å²) in [6.45, 7) is 2.93. The van der Waals surface area contributed by atoms with E-state index in [1.165, 1.54) is 57.8 Å². The molecule has 5 heteroatoms. The predicted molar refractivity (Wildman–Crippen MR) is 98.4 cm³/mol. The van der Waals surface area contributed by atoms with Gasteiger partial charge in [-0.3, -0.25) is 9.59 Å². The van der Waals surface area contributed by atoms with Gasteiger partial charge in [-0.15, -0.1) is 0 Å². The molecule has 4 nitrogen and oxygen atoms in total. The molecular formula is C18H36NNaO3. The van der Waals surface area contributed by atoms with E-state index in [-0.39, 0.29) is 41.8 Å². The number of ketones is 1. The van der Waals surface area contributed by atoms with E-state index in [0.29, 0.717) is 19.5 Å². The molecule has 0 bridgehead atoms. The number of hydrogen-bond donors (Lipinski definition) is 2. The third-order valence-corrected chi connectivity index (χ3v) is 3.90. The van der Waals surface area contributed by atoms with Crippen molar-refractivity contribution in [2.45, 2.75) is 90.4 Å². The van der Waals surface area contributed by atoms with Crippen molar-refractivity contribution < 1.29 is 14.7 Å². The molecule has 0 saturated carbocycles. The zero-order valence-corrected chi connectivity index (χ0v) is 14.4. The van der Waals surface area contributed by atoms with E-state index in [1.54, 1.807) is 0 Å². The van der Waals surface area contributed by atoms with Gasteiger partial charge in [-0.05, 0) is 6.42 Å². The standard InChI is InChI=1S/C18H35NO3.Na.H/c1-2-3-4-5-6-7-8-9-10-11-12-13-17(20)16-19-15-14-18(21)22;;/h19H,2-16H2,1H3,(H,21,22);;. The van der Waals surface area contributed by atoms with Crippen LogP contribution in [0.5, 0.6) is 0 Å². The molecule has 132 valence electrons. The van der Waals surface area contributed by atoms with Crippen LogP contribution in [0.1, 0.15) is 90.4 Å². The van der Waals surface area contributed by atoms with Gasteiger partial charge in [0.1, 0.15) is 5.78 Å². The van der Waals surface area contributed by atoms with Crippen molar-refractivity contribution >= 4 is 41.3 Å². The second-order valence-corrected chi connectivity index (χ2v) is 6.14. The van der Waals surface area contributed by atoms with Gasteiger partial charge >= 0.3 is 35.5 Å². The van der Waals surface area contributed by atoms with E-state index in [2.05, 4.69) is 12.2 Å². The summed E-state index contributed by atoms with van der Waals surface area (Å²) in [4.78, 5) is 21.8. The second-order valence-electron chi connectivity index (χ2n) is 6.14. The van der Waals surface area contributed by atoms with Gasteiger partial charge in [0.25, 0.3) is 0 Å². The molecule has 2 N–H and O–H groups in total. The Balaban J connectivity index is 0. The number of nitrogens with one attached hydrogen (secondary N) is 1. The maximum absolute atomic E-state index is 11.5. The average Bonchev–Trinajstić information content (AvgIpc) is 2.49. The molecule has 0 aliphatic rings. The van der Waals surface area contributed by atoms with Gasteiger partial charge in [-0.1, -0.05) is 71.1 Å². The van der Waals surface area contributed by atoms with Crippen molar-refractivity contribution in [3.05, 3.63) is 0 Å².